The zero-order chi connectivity index (χ0) is 23.1. The van der Waals surface area contributed by atoms with Gasteiger partial charge in [-0.3, -0.25) is 19.3 Å². The Morgan fingerprint density at radius 3 is 2.12 bits per heavy atom. The van der Waals surface area contributed by atoms with Gasteiger partial charge in [-0.05, 0) is 41.2 Å². The van der Waals surface area contributed by atoms with E-state index >= 15 is 0 Å². The van der Waals surface area contributed by atoms with Crippen molar-refractivity contribution in [2.75, 3.05) is 13.2 Å². The summed E-state index contributed by atoms with van der Waals surface area (Å²) in [7, 11) is 0. The largest absolute Gasteiger partial charge is 0.452 e. The van der Waals surface area contributed by atoms with Crippen molar-refractivity contribution >= 4 is 23.7 Å². The van der Waals surface area contributed by atoms with Crippen molar-refractivity contribution in [2.24, 2.45) is 0 Å². The molecule has 2 aromatic carbocycles. The summed E-state index contributed by atoms with van der Waals surface area (Å²) in [5.74, 6) is -0.855. The molecule has 0 aliphatic carbocycles. The molecule has 3 amide bonds. The fraction of sp³-hybridized carbons (Fsp3) is 0.360. The van der Waals surface area contributed by atoms with Crippen LogP contribution in [0.2, 0.25) is 0 Å². The van der Waals surface area contributed by atoms with Crippen LogP contribution < -0.4 is 5.32 Å². The molecule has 1 aliphatic heterocycles. The predicted octanol–water partition coefficient (Wildman–Crippen LogP) is 2.97. The van der Waals surface area contributed by atoms with Gasteiger partial charge in [0.15, 0.2) is 6.61 Å². The topological polar surface area (TPSA) is 92.8 Å². The fourth-order valence-corrected chi connectivity index (χ4v) is 3.41. The highest BCUT2D eigenvalue weighted by Crippen LogP contribution is 2.17. The lowest BCUT2D eigenvalue weighted by atomic mass is 10.0. The number of rotatable bonds is 9. The first-order chi connectivity index (χ1) is 15.3. The number of hydrogen-bond donors (Lipinski definition) is 1. The van der Waals surface area contributed by atoms with E-state index in [0.29, 0.717) is 24.4 Å². The summed E-state index contributed by atoms with van der Waals surface area (Å²) in [5.41, 5.74) is 3.44. The maximum absolute atomic E-state index is 12.2. The molecule has 1 fully saturated rings. The normalized spacial score (nSPS) is 13.5. The van der Waals surface area contributed by atoms with Gasteiger partial charge >= 0.3 is 5.97 Å². The summed E-state index contributed by atoms with van der Waals surface area (Å²) in [6.07, 6.45) is 1.19. The van der Waals surface area contributed by atoms with Crippen LogP contribution in [-0.2, 0) is 32.1 Å². The molecule has 7 heteroatoms. The van der Waals surface area contributed by atoms with Gasteiger partial charge in [0.1, 0.15) is 0 Å². The number of nitrogens with one attached hydrogen (secondary N) is 1. The van der Waals surface area contributed by atoms with E-state index in [1.807, 2.05) is 0 Å². The van der Waals surface area contributed by atoms with E-state index in [1.54, 1.807) is 24.3 Å². The van der Waals surface area contributed by atoms with Crippen LogP contribution >= 0.6 is 0 Å². The predicted molar refractivity (Wildman–Crippen MR) is 119 cm³/mol. The monoisotopic (exact) mass is 436 g/mol. The summed E-state index contributed by atoms with van der Waals surface area (Å²) < 4.78 is 5.07. The lowest BCUT2D eigenvalue weighted by molar-refractivity contribution is -0.139. The first kappa shape index (κ1) is 23.2. The van der Waals surface area contributed by atoms with E-state index in [9.17, 15) is 19.2 Å². The second-order valence-electron chi connectivity index (χ2n) is 8.14. The summed E-state index contributed by atoms with van der Waals surface area (Å²) in [4.78, 5) is 48.8. The SMILES string of the molecule is CC(C)c1ccc(CCNC(=O)COC(=O)c2ccc(CN3C(=O)CCC3=O)cc2)cc1. The van der Waals surface area contributed by atoms with Crippen molar-refractivity contribution in [3.8, 4) is 0 Å². The maximum atomic E-state index is 12.2. The Kier molecular flexibility index (Phi) is 7.76. The zero-order valence-corrected chi connectivity index (χ0v) is 18.4. The first-order valence-electron chi connectivity index (χ1n) is 10.8. The summed E-state index contributed by atoms with van der Waals surface area (Å²) in [5, 5.41) is 2.75. The number of ether oxygens (including phenoxy) is 1. The third-order valence-electron chi connectivity index (χ3n) is 5.40. The van der Waals surface area contributed by atoms with E-state index in [-0.39, 0.29) is 43.7 Å². The average Bonchev–Trinajstić information content (AvgIpc) is 3.10. The van der Waals surface area contributed by atoms with E-state index in [0.717, 1.165) is 11.1 Å². The summed E-state index contributed by atoms with van der Waals surface area (Å²) >= 11 is 0. The number of likely N-dealkylation sites (tertiary alicyclic amines) is 1. The Morgan fingerprint density at radius 2 is 1.53 bits per heavy atom. The third-order valence-corrected chi connectivity index (χ3v) is 5.40. The van der Waals surface area contributed by atoms with E-state index < -0.39 is 5.97 Å². The van der Waals surface area contributed by atoms with Crippen molar-refractivity contribution in [3.63, 3.8) is 0 Å². The minimum absolute atomic E-state index is 0.183. The first-order valence-corrected chi connectivity index (χ1v) is 10.8. The second-order valence-corrected chi connectivity index (χ2v) is 8.14. The Hall–Kier alpha value is -3.48. The molecule has 32 heavy (non-hydrogen) atoms. The average molecular weight is 437 g/mol. The van der Waals surface area contributed by atoms with Crippen LogP contribution in [-0.4, -0.2) is 41.7 Å². The van der Waals surface area contributed by atoms with Crippen molar-refractivity contribution in [1.29, 1.82) is 0 Å². The maximum Gasteiger partial charge on any atom is 0.338 e. The van der Waals surface area contributed by atoms with E-state index in [1.165, 1.54) is 10.5 Å². The molecule has 1 aliphatic rings. The van der Waals surface area contributed by atoms with E-state index in [4.69, 9.17) is 4.74 Å². The van der Waals surface area contributed by atoms with Gasteiger partial charge < -0.3 is 10.1 Å². The van der Waals surface area contributed by atoms with Crippen LogP contribution in [0.15, 0.2) is 48.5 Å². The minimum Gasteiger partial charge on any atom is -0.452 e. The van der Waals surface area contributed by atoms with Crippen LogP contribution in [0.4, 0.5) is 0 Å². The van der Waals surface area contributed by atoms with Gasteiger partial charge in [-0.2, -0.15) is 0 Å². The number of benzene rings is 2. The molecule has 1 heterocycles. The number of amides is 3. The Balaban J connectivity index is 1.39. The molecule has 0 aromatic heterocycles. The Morgan fingerprint density at radius 1 is 0.938 bits per heavy atom. The smallest absolute Gasteiger partial charge is 0.338 e. The van der Waals surface area contributed by atoms with Gasteiger partial charge in [-0.15, -0.1) is 0 Å². The number of carbonyl (C=O) groups is 4. The lowest BCUT2D eigenvalue weighted by Crippen LogP contribution is -2.30. The molecule has 3 rings (SSSR count). The molecular weight excluding hydrogens is 408 g/mol. The quantitative estimate of drug-likeness (QED) is 0.482. The Labute approximate surface area is 187 Å². The molecule has 0 spiro atoms. The van der Waals surface area contributed by atoms with Crippen LogP contribution in [0, 0.1) is 0 Å². The Bertz CT molecular complexity index is 964. The van der Waals surface area contributed by atoms with Gasteiger partial charge in [0.25, 0.3) is 5.91 Å². The molecule has 1 saturated heterocycles. The van der Waals surface area contributed by atoms with Gasteiger partial charge in [0, 0.05) is 19.4 Å². The molecule has 0 bridgehead atoms. The van der Waals surface area contributed by atoms with Gasteiger partial charge in [-0.25, -0.2) is 4.79 Å². The highest BCUT2D eigenvalue weighted by Gasteiger charge is 2.28. The van der Waals surface area contributed by atoms with Crippen molar-refractivity contribution in [3.05, 3.63) is 70.8 Å². The fourth-order valence-electron chi connectivity index (χ4n) is 3.41. The summed E-state index contributed by atoms with van der Waals surface area (Å²) in [6.45, 7) is 4.58. The van der Waals surface area contributed by atoms with Gasteiger partial charge in [0.05, 0.1) is 12.1 Å². The number of imide groups is 1. The van der Waals surface area contributed by atoms with Crippen molar-refractivity contribution in [1.82, 2.24) is 10.2 Å². The molecule has 0 radical (unpaired) electrons. The number of esters is 1. The van der Waals surface area contributed by atoms with Crippen molar-refractivity contribution in [2.45, 2.75) is 45.6 Å². The minimum atomic E-state index is -0.607. The summed E-state index contributed by atoms with van der Waals surface area (Å²) in [6, 6.07) is 14.7. The molecule has 1 N–H and O–H groups in total. The molecule has 0 saturated carbocycles. The standard InChI is InChI=1S/C25H28N2O5/c1-17(2)20-7-3-18(4-8-20)13-14-26-22(28)16-32-25(31)21-9-5-19(6-10-21)15-27-23(29)11-12-24(27)30/h3-10,17H,11-16H2,1-2H3,(H,26,28). The highest BCUT2D eigenvalue weighted by atomic mass is 16.5. The third kappa shape index (κ3) is 6.26. The zero-order valence-electron chi connectivity index (χ0n) is 18.4. The van der Waals surface area contributed by atoms with Crippen LogP contribution in [0.25, 0.3) is 0 Å². The number of hydrogen-bond acceptors (Lipinski definition) is 5. The van der Waals surface area contributed by atoms with E-state index in [2.05, 4.69) is 43.4 Å². The number of nitrogens with zero attached hydrogens (tertiary/aromatic N) is 1. The molecule has 7 nitrogen and oxygen atoms in total. The molecule has 0 atom stereocenters. The van der Waals surface area contributed by atoms with Crippen LogP contribution in [0.3, 0.4) is 0 Å². The molecule has 168 valence electrons. The van der Waals surface area contributed by atoms with Crippen LogP contribution in [0.5, 0.6) is 0 Å². The van der Waals surface area contributed by atoms with Crippen LogP contribution in [0.1, 0.15) is 59.7 Å². The van der Waals surface area contributed by atoms with Crippen molar-refractivity contribution < 1.29 is 23.9 Å². The van der Waals surface area contributed by atoms with Gasteiger partial charge in [-0.1, -0.05) is 50.2 Å². The second kappa shape index (κ2) is 10.7. The van der Waals surface area contributed by atoms with Gasteiger partial charge in [0.2, 0.25) is 11.8 Å². The number of carbonyl (C=O) groups excluding carboxylic acids is 4. The molecular formula is C25H28N2O5. The highest BCUT2D eigenvalue weighted by molar-refractivity contribution is 6.01. The lowest BCUT2D eigenvalue weighted by Gasteiger charge is -2.13. The molecule has 0 unspecified atom stereocenters. The molecule has 2 aromatic rings.